The molecule has 2 rings (SSSR count). The van der Waals surface area contributed by atoms with Crippen molar-refractivity contribution in [3.05, 3.63) is 54.6 Å². The van der Waals surface area contributed by atoms with Gasteiger partial charge in [-0.2, -0.15) is 0 Å². The van der Waals surface area contributed by atoms with E-state index in [-0.39, 0.29) is 5.91 Å². The summed E-state index contributed by atoms with van der Waals surface area (Å²) in [7, 11) is 0. The van der Waals surface area contributed by atoms with Crippen LogP contribution in [0.2, 0.25) is 0 Å². The minimum Gasteiger partial charge on any atom is -0.493 e. The van der Waals surface area contributed by atoms with E-state index in [0.29, 0.717) is 13.0 Å². The molecule has 0 saturated heterocycles. The number of benzene rings is 2. The first-order valence-corrected chi connectivity index (χ1v) is 7.08. The van der Waals surface area contributed by atoms with Crippen LogP contribution in [-0.2, 0) is 4.79 Å². The summed E-state index contributed by atoms with van der Waals surface area (Å²) in [4.78, 5) is 11.0. The summed E-state index contributed by atoms with van der Waals surface area (Å²) in [5.74, 6) is 5.76. The van der Waals surface area contributed by atoms with Gasteiger partial charge in [-0.25, -0.2) is 5.84 Å². The smallest absolute Gasteiger partial charge is 0.233 e. The summed E-state index contributed by atoms with van der Waals surface area (Å²) in [5.41, 5.74) is 4.34. The molecular formula is C17H20N2O2. The Morgan fingerprint density at radius 1 is 1.00 bits per heavy atom. The highest BCUT2D eigenvalue weighted by Crippen LogP contribution is 2.29. The number of amides is 1. The zero-order chi connectivity index (χ0) is 14.9. The summed E-state index contributed by atoms with van der Waals surface area (Å²) in [6.07, 6.45) is 2.01. The predicted molar refractivity (Wildman–Crippen MR) is 83.6 cm³/mol. The normalized spacial score (nSPS) is 10.1. The molecule has 0 saturated carbocycles. The summed E-state index contributed by atoms with van der Waals surface area (Å²) in [5, 5.41) is 0. The zero-order valence-corrected chi connectivity index (χ0v) is 11.9. The maximum absolute atomic E-state index is 11.0. The van der Waals surface area contributed by atoms with Crippen molar-refractivity contribution in [2.75, 3.05) is 6.61 Å². The first kappa shape index (κ1) is 15.1. The SMILES string of the molecule is NNC(=O)CCCCOc1ccccc1-c1ccccc1. The lowest BCUT2D eigenvalue weighted by atomic mass is 10.1. The van der Waals surface area contributed by atoms with Crippen molar-refractivity contribution < 1.29 is 9.53 Å². The van der Waals surface area contributed by atoms with Crippen molar-refractivity contribution >= 4 is 5.91 Å². The standard InChI is InChI=1S/C17H20N2O2/c18-19-17(20)12-6-7-13-21-16-11-5-4-10-15(16)14-8-2-1-3-9-14/h1-5,8-11H,6-7,12-13,18H2,(H,19,20). The van der Waals surface area contributed by atoms with Gasteiger partial charge >= 0.3 is 0 Å². The van der Waals surface area contributed by atoms with Crippen LogP contribution in [0.4, 0.5) is 0 Å². The number of carbonyl (C=O) groups excluding carboxylic acids is 1. The number of nitrogens with one attached hydrogen (secondary N) is 1. The number of para-hydroxylation sites is 1. The number of ether oxygens (including phenoxy) is 1. The van der Waals surface area contributed by atoms with Gasteiger partial charge in [0.15, 0.2) is 0 Å². The third kappa shape index (κ3) is 4.61. The summed E-state index contributed by atoms with van der Waals surface area (Å²) >= 11 is 0. The maximum Gasteiger partial charge on any atom is 0.233 e. The largest absolute Gasteiger partial charge is 0.493 e. The Bertz CT molecular complexity index is 570. The molecule has 3 N–H and O–H groups in total. The fraction of sp³-hybridized carbons (Fsp3) is 0.235. The van der Waals surface area contributed by atoms with Crippen LogP contribution in [0.1, 0.15) is 19.3 Å². The maximum atomic E-state index is 11.0. The van der Waals surface area contributed by atoms with Crippen LogP contribution < -0.4 is 16.0 Å². The number of hydrogen-bond donors (Lipinski definition) is 2. The average molecular weight is 284 g/mol. The van der Waals surface area contributed by atoms with E-state index in [1.54, 1.807) is 0 Å². The lowest BCUT2D eigenvalue weighted by molar-refractivity contribution is -0.121. The van der Waals surface area contributed by atoms with Crippen molar-refractivity contribution in [2.24, 2.45) is 5.84 Å². The van der Waals surface area contributed by atoms with Crippen molar-refractivity contribution in [3.8, 4) is 16.9 Å². The summed E-state index contributed by atoms with van der Waals surface area (Å²) in [6.45, 7) is 0.585. The van der Waals surface area contributed by atoms with E-state index in [1.807, 2.05) is 42.5 Å². The van der Waals surface area contributed by atoms with Gasteiger partial charge in [-0.3, -0.25) is 10.2 Å². The molecule has 0 bridgehead atoms. The third-order valence-corrected chi connectivity index (χ3v) is 3.19. The molecule has 0 atom stereocenters. The van der Waals surface area contributed by atoms with E-state index in [1.165, 1.54) is 0 Å². The van der Waals surface area contributed by atoms with Gasteiger partial charge in [0.1, 0.15) is 5.75 Å². The van der Waals surface area contributed by atoms with Gasteiger partial charge in [0.05, 0.1) is 6.61 Å². The lowest BCUT2D eigenvalue weighted by Gasteiger charge is -2.11. The molecule has 0 unspecified atom stereocenters. The van der Waals surface area contributed by atoms with Gasteiger partial charge in [0, 0.05) is 12.0 Å². The number of unbranched alkanes of at least 4 members (excludes halogenated alkanes) is 1. The second kappa shape index (κ2) is 8.07. The van der Waals surface area contributed by atoms with Gasteiger partial charge in [-0.05, 0) is 24.5 Å². The Kier molecular flexibility index (Phi) is 5.79. The van der Waals surface area contributed by atoms with Gasteiger partial charge < -0.3 is 4.74 Å². The highest BCUT2D eigenvalue weighted by atomic mass is 16.5. The Morgan fingerprint density at radius 2 is 1.71 bits per heavy atom. The topological polar surface area (TPSA) is 64.3 Å². The molecule has 4 nitrogen and oxygen atoms in total. The first-order valence-electron chi connectivity index (χ1n) is 7.08. The molecule has 0 radical (unpaired) electrons. The molecule has 0 heterocycles. The second-order valence-corrected chi connectivity index (χ2v) is 4.74. The predicted octanol–water partition coefficient (Wildman–Crippen LogP) is 2.89. The van der Waals surface area contributed by atoms with Crippen LogP contribution in [0.5, 0.6) is 5.75 Å². The second-order valence-electron chi connectivity index (χ2n) is 4.74. The molecule has 0 aliphatic carbocycles. The van der Waals surface area contributed by atoms with Gasteiger partial charge in [-0.1, -0.05) is 48.5 Å². The molecule has 110 valence electrons. The fourth-order valence-corrected chi connectivity index (χ4v) is 2.09. The number of rotatable bonds is 7. The van der Waals surface area contributed by atoms with Gasteiger partial charge in [-0.15, -0.1) is 0 Å². The monoisotopic (exact) mass is 284 g/mol. The number of nitrogens with two attached hydrogens (primary N) is 1. The van der Waals surface area contributed by atoms with E-state index in [2.05, 4.69) is 17.6 Å². The molecule has 0 aromatic heterocycles. The van der Waals surface area contributed by atoms with E-state index in [0.717, 1.165) is 29.7 Å². The number of carbonyl (C=O) groups is 1. The van der Waals surface area contributed by atoms with Crippen LogP contribution in [0.3, 0.4) is 0 Å². The average Bonchev–Trinajstić information content (AvgIpc) is 2.55. The zero-order valence-electron chi connectivity index (χ0n) is 11.9. The lowest BCUT2D eigenvalue weighted by Crippen LogP contribution is -2.29. The van der Waals surface area contributed by atoms with Gasteiger partial charge in [0.2, 0.25) is 5.91 Å². The molecule has 0 spiro atoms. The van der Waals surface area contributed by atoms with Crippen LogP contribution in [0.25, 0.3) is 11.1 Å². The van der Waals surface area contributed by atoms with Crippen LogP contribution >= 0.6 is 0 Å². The molecule has 2 aromatic carbocycles. The quantitative estimate of drug-likeness (QED) is 0.355. The molecular weight excluding hydrogens is 264 g/mol. The molecule has 0 fully saturated rings. The Labute approximate surface area is 124 Å². The summed E-state index contributed by atoms with van der Waals surface area (Å²) in [6, 6.07) is 18.1. The van der Waals surface area contributed by atoms with Crippen molar-refractivity contribution in [2.45, 2.75) is 19.3 Å². The highest BCUT2D eigenvalue weighted by molar-refractivity contribution is 5.75. The van der Waals surface area contributed by atoms with Crippen LogP contribution in [-0.4, -0.2) is 12.5 Å². The Balaban J connectivity index is 1.91. The van der Waals surface area contributed by atoms with Crippen LogP contribution in [0.15, 0.2) is 54.6 Å². The van der Waals surface area contributed by atoms with E-state index in [4.69, 9.17) is 10.6 Å². The molecule has 1 amide bonds. The van der Waals surface area contributed by atoms with E-state index in [9.17, 15) is 4.79 Å². The minimum absolute atomic E-state index is 0.139. The molecule has 2 aromatic rings. The molecule has 0 aliphatic heterocycles. The molecule has 4 heteroatoms. The fourth-order valence-electron chi connectivity index (χ4n) is 2.09. The molecule has 21 heavy (non-hydrogen) atoms. The molecule has 0 aliphatic rings. The van der Waals surface area contributed by atoms with Crippen molar-refractivity contribution in [1.29, 1.82) is 0 Å². The van der Waals surface area contributed by atoms with Gasteiger partial charge in [0.25, 0.3) is 0 Å². The Hall–Kier alpha value is -2.33. The highest BCUT2D eigenvalue weighted by Gasteiger charge is 2.05. The first-order chi connectivity index (χ1) is 10.3. The van der Waals surface area contributed by atoms with Crippen molar-refractivity contribution in [1.82, 2.24) is 5.43 Å². The number of hydrazine groups is 1. The number of hydrogen-bond acceptors (Lipinski definition) is 3. The minimum atomic E-state index is -0.139. The van der Waals surface area contributed by atoms with Crippen molar-refractivity contribution in [3.63, 3.8) is 0 Å². The van der Waals surface area contributed by atoms with E-state index < -0.39 is 0 Å². The van der Waals surface area contributed by atoms with Crippen LogP contribution in [0, 0.1) is 0 Å². The Morgan fingerprint density at radius 3 is 2.48 bits per heavy atom. The van der Waals surface area contributed by atoms with E-state index >= 15 is 0 Å². The summed E-state index contributed by atoms with van der Waals surface area (Å²) < 4.78 is 5.84. The third-order valence-electron chi connectivity index (χ3n) is 3.19.